The topological polar surface area (TPSA) is 66.4 Å². The third kappa shape index (κ3) is 4.66. The normalized spacial score (nSPS) is 10.0. The van der Waals surface area contributed by atoms with Crippen molar-refractivity contribution in [1.29, 1.82) is 0 Å². The molecule has 0 aliphatic rings. The van der Waals surface area contributed by atoms with Crippen molar-refractivity contribution in [2.45, 2.75) is 6.42 Å². The molecule has 0 spiro atoms. The van der Waals surface area contributed by atoms with Crippen LogP contribution in [0.1, 0.15) is 16.8 Å². The maximum absolute atomic E-state index is 11.4. The number of aromatic carboxylic acids is 1. The predicted molar refractivity (Wildman–Crippen MR) is 70.0 cm³/mol. The zero-order valence-electron chi connectivity index (χ0n) is 9.20. The molecule has 0 saturated heterocycles. The summed E-state index contributed by atoms with van der Waals surface area (Å²) in [6.07, 6.45) is 2.30. The van der Waals surface area contributed by atoms with E-state index in [9.17, 15) is 9.59 Å². The first-order valence-corrected chi connectivity index (χ1v) is 6.63. The average Bonchev–Trinajstić information content (AvgIpc) is 2.25. The van der Waals surface area contributed by atoms with Gasteiger partial charge in [-0.25, -0.2) is 4.79 Å². The van der Waals surface area contributed by atoms with Crippen LogP contribution in [0.15, 0.2) is 18.2 Å². The molecule has 0 radical (unpaired) electrons. The first-order chi connectivity index (χ1) is 8.02. The number of thioether (sulfide) groups is 1. The minimum absolute atomic E-state index is 0.0534. The Balaban J connectivity index is 2.77. The fraction of sp³-hybridized carbons (Fsp3) is 0.273. The highest BCUT2D eigenvalue weighted by molar-refractivity contribution is 7.98. The van der Waals surface area contributed by atoms with Gasteiger partial charge in [-0.3, -0.25) is 4.79 Å². The molecule has 1 aromatic rings. The lowest BCUT2D eigenvalue weighted by atomic mass is 10.2. The highest BCUT2D eigenvalue weighted by atomic mass is 35.5. The van der Waals surface area contributed by atoms with Gasteiger partial charge in [0.2, 0.25) is 5.91 Å². The largest absolute Gasteiger partial charge is 0.478 e. The van der Waals surface area contributed by atoms with E-state index < -0.39 is 5.97 Å². The summed E-state index contributed by atoms with van der Waals surface area (Å²) < 4.78 is 0. The molecule has 0 heterocycles. The summed E-state index contributed by atoms with van der Waals surface area (Å²) in [6.45, 7) is 0. The first-order valence-electron chi connectivity index (χ1n) is 4.85. The van der Waals surface area contributed by atoms with E-state index in [0.29, 0.717) is 12.1 Å². The van der Waals surface area contributed by atoms with Crippen LogP contribution in [0.5, 0.6) is 0 Å². The Morgan fingerprint density at radius 1 is 1.41 bits per heavy atom. The molecule has 2 N–H and O–H groups in total. The number of rotatable bonds is 5. The van der Waals surface area contributed by atoms with Crippen molar-refractivity contribution in [3.05, 3.63) is 28.8 Å². The van der Waals surface area contributed by atoms with E-state index in [1.807, 2.05) is 6.26 Å². The number of nitrogens with one attached hydrogen (secondary N) is 1. The number of carbonyl (C=O) groups excluding carboxylic acids is 1. The Morgan fingerprint density at radius 2 is 2.12 bits per heavy atom. The Hall–Kier alpha value is -1.20. The van der Waals surface area contributed by atoms with Gasteiger partial charge in [-0.05, 0) is 24.5 Å². The summed E-state index contributed by atoms with van der Waals surface area (Å²) in [5.41, 5.74) is 0.457. The second-order valence-corrected chi connectivity index (χ2v) is 4.75. The van der Waals surface area contributed by atoms with Crippen molar-refractivity contribution in [2.75, 3.05) is 17.3 Å². The van der Waals surface area contributed by atoms with E-state index >= 15 is 0 Å². The maximum Gasteiger partial charge on any atom is 0.335 e. The number of carboxylic acid groups (broad SMARTS) is 1. The molecule has 6 heteroatoms. The number of benzene rings is 1. The fourth-order valence-corrected chi connectivity index (χ4v) is 1.83. The van der Waals surface area contributed by atoms with Gasteiger partial charge in [0.1, 0.15) is 0 Å². The minimum atomic E-state index is -1.08. The Bertz CT molecular complexity index is 437. The molecular weight excluding hydrogens is 262 g/mol. The lowest BCUT2D eigenvalue weighted by molar-refractivity contribution is -0.115. The summed E-state index contributed by atoms with van der Waals surface area (Å²) in [6, 6.07) is 4.23. The Morgan fingerprint density at radius 3 is 2.71 bits per heavy atom. The summed E-state index contributed by atoms with van der Waals surface area (Å²) in [5, 5.41) is 11.7. The molecule has 0 unspecified atom stereocenters. The van der Waals surface area contributed by atoms with Gasteiger partial charge in [-0.2, -0.15) is 11.8 Å². The molecule has 0 saturated carbocycles. The second kappa shape index (κ2) is 6.51. The molecule has 0 aromatic heterocycles. The number of carbonyl (C=O) groups is 2. The number of hydrogen-bond donors (Lipinski definition) is 2. The van der Waals surface area contributed by atoms with Gasteiger partial charge in [0, 0.05) is 22.9 Å². The zero-order chi connectivity index (χ0) is 12.8. The third-order valence-corrected chi connectivity index (χ3v) is 2.79. The van der Waals surface area contributed by atoms with Gasteiger partial charge in [-0.1, -0.05) is 11.6 Å². The molecule has 1 rings (SSSR count). The molecule has 0 aliphatic heterocycles. The highest BCUT2D eigenvalue weighted by Gasteiger charge is 2.08. The molecule has 92 valence electrons. The molecular formula is C11H12ClNO3S. The lowest BCUT2D eigenvalue weighted by Crippen LogP contribution is -2.12. The standard InChI is InChI=1S/C11H12ClNO3S/c1-17-3-2-10(14)13-9-5-7(11(15)16)4-8(12)6-9/h4-6H,2-3H2,1H3,(H,13,14)(H,15,16). The van der Waals surface area contributed by atoms with E-state index in [-0.39, 0.29) is 16.5 Å². The third-order valence-electron chi connectivity index (χ3n) is 1.96. The molecule has 0 fully saturated rings. The quantitative estimate of drug-likeness (QED) is 0.866. The Kier molecular flexibility index (Phi) is 5.31. The van der Waals surface area contributed by atoms with Crippen LogP contribution in [0.3, 0.4) is 0 Å². The summed E-state index contributed by atoms with van der Waals surface area (Å²) in [4.78, 5) is 22.2. The summed E-state index contributed by atoms with van der Waals surface area (Å²) in [7, 11) is 0. The van der Waals surface area contributed by atoms with Crippen LogP contribution in [-0.4, -0.2) is 29.0 Å². The van der Waals surface area contributed by atoms with Crippen LogP contribution in [0, 0.1) is 0 Å². The predicted octanol–water partition coefficient (Wildman–Crippen LogP) is 2.73. The number of anilines is 1. The zero-order valence-corrected chi connectivity index (χ0v) is 10.8. The smallest absolute Gasteiger partial charge is 0.335 e. The van der Waals surface area contributed by atoms with E-state index in [1.54, 1.807) is 11.8 Å². The second-order valence-electron chi connectivity index (χ2n) is 3.32. The van der Waals surface area contributed by atoms with Gasteiger partial charge in [0.25, 0.3) is 0 Å². The first kappa shape index (κ1) is 13.9. The van der Waals surface area contributed by atoms with Crippen molar-refractivity contribution in [2.24, 2.45) is 0 Å². The van der Waals surface area contributed by atoms with Crippen LogP contribution < -0.4 is 5.32 Å². The lowest BCUT2D eigenvalue weighted by Gasteiger charge is -2.06. The monoisotopic (exact) mass is 273 g/mol. The van der Waals surface area contributed by atoms with Crippen molar-refractivity contribution >= 4 is 40.9 Å². The molecule has 17 heavy (non-hydrogen) atoms. The van der Waals surface area contributed by atoms with E-state index in [4.69, 9.17) is 16.7 Å². The average molecular weight is 274 g/mol. The van der Waals surface area contributed by atoms with E-state index in [1.165, 1.54) is 18.2 Å². The maximum atomic E-state index is 11.4. The van der Waals surface area contributed by atoms with E-state index in [0.717, 1.165) is 5.75 Å². The van der Waals surface area contributed by atoms with Crippen LogP contribution >= 0.6 is 23.4 Å². The number of hydrogen-bond acceptors (Lipinski definition) is 3. The van der Waals surface area contributed by atoms with Crippen LogP contribution in [0.25, 0.3) is 0 Å². The summed E-state index contributed by atoms with van der Waals surface area (Å²) >= 11 is 7.33. The van der Waals surface area contributed by atoms with Crippen LogP contribution in [0.4, 0.5) is 5.69 Å². The molecule has 4 nitrogen and oxygen atoms in total. The van der Waals surface area contributed by atoms with Gasteiger partial charge < -0.3 is 10.4 Å². The molecule has 0 aliphatic carbocycles. The van der Waals surface area contributed by atoms with Crippen molar-refractivity contribution in [3.8, 4) is 0 Å². The Labute approximate surface area is 108 Å². The van der Waals surface area contributed by atoms with Gasteiger partial charge in [0.05, 0.1) is 5.56 Å². The molecule has 0 bridgehead atoms. The molecule has 1 aromatic carbocycles. The van der Waals surface area contributed by atoms with Crippen molar-refractivity contribution in [3.63, 3.8) is 0 Å². The number of halogens is 1. The van der Waals surface area contributed by atoms with Crippen molar-refractivity contribution in [1.82, 2.24) is 0 Å². The number of carboxylic acids is 1. The molecule has 1 amide bonds. The summed E-state index contributed by atoms with van der Waals surface area (Å²) in [5.74, 6) is -0.511. The van der Waals surface area contributed by atoms with Gasteiger partial charge >= 0.3 is 5.97 Å². The minimum Gasteiger partial charge on any atom is -0.478 e. The van der Waals surface area contributed by atoms with Gasteiger partial charge in [0.15, 0.2) is 0 Å². The van der Waals surface area contributed by atoms with Crippen LogP contribution in [-0.2, 0) is 4.79 Å². The SMILES string of the molecule is CSCCC(=O)Nc1cc(Cl)cc(C(=O)O)c1. The fourth-order valence-electron chi connectivity index (χ4n) is 1.20. The van der Waals surface area contributed by atoms with Gasteiger partial charge in [-0.15, -0.1) is 0 Å². The number of amides is 1. The highest BCUT2D eigenvalue weighted by Crippen LogP contribution is 2.19. The van der Waals surface area contributed by atoms with E-state index in [2.05, 4.69) is 5.32 Å². The van der Waals surface area contributed by atoms with Crippen LogP contribution in [0.2, 0.25) is 5.02 Å². The molecule has 0 atom stereocenters. The van der Waals surface area contributed by atoms with Crippen molar-refractivity contribution < 1.29 is 14.7 Å².